The minimum atomic E-state index is -0.932. The number of carbonyl (C=O) groups is 2. The molecule has 6 nitrogen and oxygen atoms in total. The standard InChI is InChI=1S/C24H18ClFN2O4/c1-32-19-10-7-15(12-18(19)25)22(29)20-21(14-5-8-16(26)9-6-14)28(24(31)23(20)30)13-17-4-2-3-11-27-17/h2-12,21,29H,13H2,1H3/b22-20-. The Morgan fingerprint density at radius 3 is 2.53 bits per heavy atom. The number of methoxy groups -OCH3 is 1. The van der Waals surface area contributed by atoms with Gasteiger partial charge in [0, 0.05) is 11.8 Å². The monoisotopic (exact) mass is 452 g/mol. The molecule has 1 fully saturated rings. The lowest BCUT2D eigenvalue weighted by Gasteiger charge is -2.25. The van der Waals surface area contributed by atoms with Crippen LogP contribution in [-0.4, -0.2) is 33.8 Å². The van der Waals surface area contributed by atoms with E-state index in [1.807, 2.05) is 0 Å². The largest absolute Gasteiger partial charge is 0.507 e. The number of hydrogen-bond acceptors (Lipinski definition) is 5. The molecule has 8 heteroatoms. The van der Waals surface area contributed by atoms with Crippen molar-refractivity contribution in [2.45, 2.75) is 12.6 Å². The Morgan fingerprint density at radius 2 is 1.91 bits per heavy atom. The summed E-state index contributed by atoms with van der Waals surface area (Å²) >= 11 is 6.18. The van der Waals surface area contributed by atoms with Crippen LogP contribution < -0.4 is 4.74 Å². The van der Waals surface area contributed by atoms with Crippen molar-refractivity contribution in [3.63, 3.8) is 0 Å². The van der Waals surface area contributed by atoms with Gasteiger partial charge in [0.15, 0.2) is 0 Å². The summed E-state index contributed by atoms with van der Waals surface area (Å²) in [5.41, 5.74) is 1.18. The molecule has 0 spiro atoms. The van der Waals surface area contributed by atoms with Crippen molar-refractivity contribution in [2.24, 2.45) is 0 Å². The molecule has 162 valence electrons. The van der Waals surface area contributed by atoms with Crippen LogP contribution in [-0.2, 0) is 16.1 Å². The second-order valence-corrected chi connectivity index (χ2v) is 7.56. The molecule has 0 radical (unpaired) electrons. The molecule has 4 rings (SSSR count). The number of ketones is 1. The van der Waals surface area contributed by atoms with Crippen LogP contribution in [0.4, 0.5) is 4.39 Å². The van der Waals surface area contributed by atoms with E-state index >= 15 is 0 Å². The molecule has 1 N–H and O–H groups in total. The summed E-state index contributed by atoms with van der Waals surface area (Å²) in [6.45, 7) is 0.0353. The topological polar surface area (TPSA) is 79.7 Å². The number of rotatable bonds is 5. The molecule has 1 aliphatic heterocycles. The Bertz CT molecular complexity index is 1210. The molecular formula is C24H18ClFN2O4. The first-order valence-corrected chi connectivity index (χ1v) is 10.1. The van der Waals surface area contributed by atoms with E-state index in [1.165, 1.54) is 48.4 Å². The van der Waals surface area contributed by atoms with Gasteiger partial charge in [0.1, 0.15) is 17.3 Å². The summed E-state index contributed by atoms with van der Waals surface area (Å²) in [7, 11) is 1.46. The fourth-order valence-corrected chi connectivity index (χ4v) is 3.93. The normalized spacial score (nSPS) is 17.6. The van der Waals surface area contributed by atoms with Crippen LogP contribution in [0, 0.1) is 5.82 Å². The number of aliphatic hydroxyl groups excluding tert-OH is 1. The van der Waals surface area contributed by atoms with Gasteiger partial charge in [-0.15, -0.1) is 0 Å². The molecule has 1 aliphatic rings. The second-order valence-electron chi connectivity index (χ2n) is 7.15. The number of ether oxygens (including phenoxy) is 1. The smallest absolute Gasteiger partial charge is 0.296 e. The number of likely N-dealkylation sites (tertiary alicyclic amines) is 1. The lowest BCUT2D eigenvalue weighted by atomic mass is 9.95. The maximum absolute atomic E-state index is 13.6. The van der Waals surface area contributed by atoms with Crippen LogP contribution in [0.3, 0.4) is 0 Å². The summed E-state index contributed by atoms with van der Waals surface area (Å²) < 4.78 is 18.7. The molecule has 1 amide bonds. The van der Waals surface area contributed by atoms with E-state index in [0.717, 1.165) is 0 Å². The van der Waals surface area contributed by atoms with Crippen LogP contribution in [0.2, 0.25) is 5.02 Å². The van der Waals surface area contributed by atoms with Gasteiger partial charge in [0.05, 0.1) is 36.0 Å². The van der Waals surface area contributed by atoms with Gasteiger partial charge in [-0.05, 0) is 48.0 Å². The molecule has 32 heavy (non-hydrogen) atoms. The molecular weight excluding hydrogens is 435 g/mol. The number of amides is 1. The predicted molar refractivity (Wildman–Crippen MR) is 116 cm³/mol. The molecule has 1 saturated heterocycles. The molecule has 0 saturated carbocycles. The number of Topliss-reactive ketones (excluding diaryl/α,β-unsaturated/α-hetero) is 1. The van der Waals surface area contributed by atoms with Crippen LogP contribution in [0.5, 0.6) is 5.75 Å². The van der Waals surface area contributed by atoms with Gasteiger partial charge in [0.25, 0.3) is 11.7 Å². The number of pyridine rings is 1. The maximum atomic E-state index is 13.6. The van der Waals surface area contributed by atoms with Crippen molar-refractivity contribution >= 4 is 29.1 Å². The van der Waals surface area contributed by atoms with Gasteiger partial charge in [0.2, 0.25) is 0 Å². The molecule has 1 unspecified atom stereocenters. The molecule has 1 atom stereocenters. The summed E-state index contributed by atoms with van der Waals surface area (Å²) in [5.74, 6) is -2.08. The van der Waals surface area contributed by atoms with Gasteiger partial charge >= 0.3 is 0 Å². The first kappa shape index (κ1) is 21.5. The second kappa shape index (κ2) is 8.80. The molecule has 2 aromatic carbocycles. The van der Waals surface area contributed by atoms with Gasteiger partial charge in [-0.1, -0.05) is 29.8 Å². The SMILES string of the molecule is COc1ccc(/C(O)=C2/C(=O)C(=O)N(Cc3ccccn3)C2c2ccc(F)cc2)cc1Cl. The van der Waals surface area contributed by atoms with Crippen LogP contribution in [0.1, 0.15) is 22.9 Å². The van der Waals surface area contributed by atoms with Gasteiger partial charge in [-0.2, -0.15) is 0 Å². The van der Waals surface area contributed by atoms with Crippen LogP contribution >= 0.6 is 11.6 Å². The number of carbonyl (C=O) groups excluding carboxylic acids is 2. The third-order valence-electron chi connectivity index (χ3n) is 5.21. The first-order chi connectivity index (χ1) is 15.4. The number of benzene rings is 2. The Hall–Kier alpha value is -3.71. The third-order valence-corrected chi connectivity index (χ3v) is 5.50. The highest BCUT2D eigenvalue weighted by Gasteiger charge is 2.46. The third kappa shape index (κ3) is 3.94. The summed E-state index contributed by atoms with van der Waals surface area (Å²) in [6.07, 6.45) is 1.58. The Balaban J connectivity index is 1.86. The minimum Gasteiger partial charge on any atom is -0.507 e. The number of halogens is 2. The van der Waals surface area contributed by atoms with E-state index < -0.39 is 23.5 Å². The van der Waals surface area contributed by atoms with E-state index in [0.29, 0.717) is 17.0 Å². The van der Waals surface area contributed by atoms with E-state index in [2.05, 4.69) is 4.98 Å². The zero-order valence-electron chi connectivity index (χ0n) is 17.0. The summed E-state index contributed by atoms with van der Waals surface area (Å²) in [6, 6.07) is 14.3. The Kier molecular flexibility index (Phi) is 5.92. The van der Waals surface area contributed by atoms with Gasteiger partial charge in [-0.3, -0.25) is 14.6 Å². The average Bonchev–Trinajstić information content (AvgIpc) is 3.04. The van der Waals surface area contributed by atoms with Crippen LogP contribution in [0.15, 0.2) is 72.4 Å². The maximum Gasteiger partial charge on any atom is 0.296 e. The quantitative estimate of drug-likeness (QED) is 0.350. The van der Waals surface area contributed by atoms with E-state index in [4.69, 9.17) is 16.3 Å². The highest BCUT2D eigenvalue weighted by molar-refractivity contribution is 6.46. The highest BCUT2D eigenvalue weighted by Crippen LogP contribution is 2.41. The van der Waals surface area contributed by atoms with Gasteiger partial charge < -0.3 is 14.7 Å². The number of aromatic nitrogens is 1. The van der Waals surface area contributed by atoms with Crippen molar-refractivity contribution in [3.05, 3.63) is 100 Å². The van der Waals surface area contributed by atoms with Crippen molar-refractivity contribution in [3.8, 4) is 5.75 Å². The Morgan fingerprint density at radius 1 is 1.16 bits per heavy atom. The molecule has 0 aliphatic carbocycles. The Labute approximate surface area is 188 Å². The van der Waals surface area contributed by atoms with Crippen LogP contribution in [0.25, 0.3) is 5.76 Å². The van der Waals surface area contributed by atoms with E-state index in [1.54, 1.807) is 30.5 Å². The average molecular weight is 453 g/mol. The number of nitrogens with zero attached hydrogens (tertiary/aromatic N) is 2. The van der Waals surface area contributed by atoms with E-state index in [9.17, 15) is 19.1 Å². The van der Waals surface area contributed by atoms with Crippen molar-refractivity contribution in [1.82, 2.24) is 9.88 Å². The molecule has 1 aromatic heterocycles. The number of hydrogen-bond donors (Lipinski definition) is 1. The minimum absolute atomic E-state index is 0.0353. The fourth-order valence-electron chi connectivity index (χ4n) is 3.67. The zero-order valence-corrected chi connectivity index (χ0v) is 17.7. The van der Waals surface area contributed by atoms with E-state index in [-0.39, 0.29) is 28.5 Å². The lowest BCUT2D eigenvalue weighted by Crippen LogP contribution is -2.29. The predicted octanol–water partition coefficient (Wildman–Crippen LogP) is 4.50. The molecule has 3 aromatic rings. The van der Waals surface area contributed by atoms with Crippen molar-refractivity contribution < 1.29 is 23.8 Å². The van der Waals surface area contributed by atoms with Gasteiger partial charge in [-0.25, -0.2) is 4.39 Å². The lowest BCUT2D eigenvalue weighted by molar-refractivity contribution is -0.140. The van der Waals surface area contributed by atoms with Crippen molar-refractivity contribution in [1.29, 1.82) is 0 Å². The summed E-state index contributed by atoms with van der Waals surface area (Å²) in [5, 5.41) is 11.3. The molecule has 2 heterocycles. The first-order valence-electron chi connectivity index (χ1n) is 9.68. The molecule has 0 bridgehead atoms. The fraction of sp³-hybridized carbons (Fsp3) is 0.125. The highest BCUT2D eigenvalue weighted by atomic mass is 35.5. The number of aliphatic hydroxyl groups is 1. The summed E-state index contributed by atoms with van der Waals surface area (Å²) in [4.78, 5) is 31.5. The van der Waals surface area contributed by atoms with Crippen molar-refractivity contribution in [2.75, 3.05) is 7.11 Å². The zero-order chi connectivity index (χ0) is 22.8.